The Hall–Kier alpha value is -1.48. The van der Waals surface area contributed by atoms with E-state index in [1.807, 2.05) is 6.08 Å². The second-order valence-corrected chi connectivity index (χ2v) is 5.99. The molecule has 0 atom stereocenters. The van der Waals surface area contributed by atoms with Crippen molar-refractivity contribution in [3.8, 4) is 5.75 Å². The third-order valence-electron chi connectivity index (χ3n) is 3.16. The Labute approximate surface area is 125 Å². The first-order valence-corrected chi connectivity index (χ1v) is 6.81. The van der Waals surface area contributed by atoms with E-state index in [0.717, 1.165) is 0 Å². The molecule has 0 aromatic heterocycles. The molecule has 0 amide bonds. The zero-order chi connectivity index (χ0) is 15.3. The number of esters is 1. The van der Waals surface area contributed by atoms with Crippen molar-refractivity contribution in [2.24, 2.45) is 5.41 Å². The highest BCUT2D eigenvalue weighted by molar-refractivity contribution is 6.32. The molecule has 1 aromatic rings. The van der Waals surface area contributed by atoms with Crippen LogP contribution in [0, 0.1) is 5.41 Å². The SMILES string of the molecule is COC(=O)c1ccc(OC/C=C(\C)C(C)(C)C)c(Cl)c1. The number of methoxy groups -OCH3 is 1. The molecule has 0 bridgehead atoms. The summed E-state index contributed by atoms with van der Waals surface area (Å²) in [5.41, 5.74) is 1.79. The Morgan fingerprint density at radius 2 is 2.00 bits per heavy atom. The first-order chi connectivity index (χ1) is 9.25. The Morgan fingerprint density at radius 3 is 2.50 bits per heavy atom. The van der Waals surface area contributed by atoms with Gasteiger partial charge in [0.25, 0.3) is 0 Å². The van der Waals surface area contributed by atoms with Gasteiger partial charge in [0.15, 0.2) is 0 Å². The lowest BCUT2D eigenvalue weighted by molar-refractivity contribution is 0.0600. The maximum absolute atomic E-state index is 11.4. The first kappa shape index (κ1) is 16.6. The fraction of sp³-hybridized carbons (Fsp3) is 0.438. The van der Waals surface area contributed by atoms with Crippen LogP contribution < -0.4 is 4.74 Å². The van der Waals surface area contributed by atoms with Gasteiger partial charge in [0.2, 0.25) is 0 Å². The lowest BCUT2D eigenvalue weighted by Crippen LogP contribution is -2.08. The molecule has 0 aliphatic rings. The van der Waals surface area contributed by atoms with Gasteiger partial charge in [-0.15, -0.1) is 0 Å². The minimum Gasteiger partial charge on any atom is -0.488 e. The molecule has 1 aromatic carbocycles. The van der Waals surface area contributed by atoms with Gasteiger partial charge >= 0.3 is 5.97 Å². The van der Waals surface area contributed by atoms with E-state index < -0.39 is 5.97 Å². The van der Waals surface area contributed by atoms with Crippen molar-refractivity contribution in [1.29, 1.82) is 0 Å². The molecule has 0 aliphatic carbocycles. The third kappa shape index (κ3) is 4.57. The van der Waals surface area contributed by atoms with Crippen LogP contribution in [-0.4, -0.2) is 19.7 Å². The molecule has 0 radical (unpaired) electrons. The van der Waals surface area contributed by atoms with Crippen LogP contribution in [0.15, 0.2) is 29.8 Å². The quantitative estimate of drug-likeness (QED) is 0.606. The number of carbonyl (C=O) groups is 1. The molecule has 110 valence electrons. The summed E-state index contributed by atoms with van der Waals surface area (Å²) < 4.78 is 10.2. The topological polar surface area (TPSA) is 35.5 Å². The summed E-state index contributed by atoms with van der Waals surface area (Å²) in [6, 6.07) is 4.85. The highest BCUT2D eigenvalue weighted by atomic mass is 35.5. The molecule has 0 saturated carbocycles. The summed E-state index contributed by atoms with van der Waals surface area (Å²) in [7, 11) is 1.33. The van der Waals surface area contributed by atoms with Crippen LogP contribution in [0.3, 0.4) is 0 Å². The van der Waals surface area contributed by atoms with Gasteiger partial charge in [0.05, 0.1) is 17.7 Å². The zero-order valence-corrected chi connectivity index (χ0v) is 13.4. The van der Waals surface area contributed by atoms with Crippen LogP contribution >= 0.6 is 11.6 Å². The lowest BCUT2D eigenvalue weighted by atomic mass is 9.87. The smallest absolute Gasteiger partial charge is 0.337 e. The molecule has 0 N–H and O–H groups in total. The van der Waals surface area contributed by atoms with Crippen LogP contribution in [0.25, 0.3) is 0 Å². The minimum atomic E-state index is -0.415. The number of rotatable bonds is 4. The van der Waals surface area contributed by atoms with E-state index >= 15 is 0 Å². The summed E-state index contributed by atoms with van der Waals surface area (Å²) in [6.45, 7) is 8.97. The van der Waals surface area contributed by atoms with Crippen molar-refractivity contribution in [3.63, 3.8) is 0 Å². The zero-order valence-electron chi connectivity index (χ0n) is 12.6. The average molecular weight is 297 g/mol. The van der Waals surface area contributed by atoms with Gasteiger partial charge in [-0.05, 0) is 36.6 Å². The molecular formula is C16H21ClO3. The number of ether oxygens (including phenoxy) is 2. The van der Waals surface area contributed by atoms with Crippen molar-refractivity contribution in [3.05, 3.63) is 40.4 Å². The van der Waals surface area contributed by atoms with Crippen molar-refractivity contribution >= 4 is 17.6 Å². The monoisotopic (exact) mass is 296 g/mol. The van der Waals surface area contributed by atoms with Crippen molar-refractivity contribution in [1.82, 2.24) is 0 Å². The van der Waals surface area contributed by atoms with Gasteiger partial charge in [-0.3, -0.25) is 0 Å². The van der Waals surface area contributed by atoms with E-state index in [4.69, 9.17) is 16.3 Å². The minimum absolute atomic E-state index is 0.127. The van der Waals surface area contributed by atoms with Crippen LogP contribution in [0.4, 0.5) is 0 Å². The number of carbonyl (C=O) groups excluding carboxylic acids is 1. The summed E-state index contributed by atoms with van der Waals surface area (Å²) in [4.78, 5) is 11.4. The Kier molecular flexibility index (Phi) is 5.63. The maximum atomic E-state index is 11.4. The Bertz CT molecular complexity index is 513. The number of hydrogen-bond acceptors (Lipinski definition) is 3. The highest BCUT2D eigenvalue weighted by Gasteiger charge is 2.12. The molecule has 0 fully saturated rings. The summed E-state index contributed by atoms with van der Waals surface area (Å²) >= 11 is 6.08. The van der Waals surface area contributed by atoms with Gasteiger partial charge in [0, 0.05) is 0 Å². The molecule has 4 heteroatoms. The number of hydrogen-bond donors (Lipinski definition) is 0. The van der Waals surface area contributed by atoms with Gasteiger partial charge < -0.3 is 9.47 Å². The number of allylic oxidation sites excluding steroid dienone is 1. The molecule has 1 rings (SSSR count). The van der Waals surface area contributed by atoms with Gasteiger partial charge in [-0.25, -0.2) is 4.79 Å². The van der Waals surface area contributed by atoms with Crippen LogP contribution in [0.5, 0.6) is 5.75 Å². The van der Waals surface area contributed by atoms with Gasteiger partial charge in [0.1, 0.15) is 12.4 Å². The molecule has 3 nitrogen and oxygen atoms in total. The molecule has 20 heavy (non-hydrogen) atoms. The normalized spacial score (nSPS) is 12.2. The first-order valence-electron chi connectivity index (χ1n) is 6.43. The molecule has 0 saturated heterocycles. The largest absolute Gasteiger partial charge is 0.488 e. The molecular weight excluding hydrogens is 276 g/mol. The van der Waals surface area contributed by atoms with Gasteiger partial charge in [-0.2, -0.15) is 0 Å². The summed E-state index contributed by atoms with van der Waals surface area (Å²) in [6.07, 6.45) is 2.03. The van der Waals surface area contributed by atoms with Crippen molar-refractivity contribution < 1.29 is 14.3 Å². The van der Waals surface area contributed by atoms with Crippen LogP contribution in [0.1, 0.15) is 38.1 Å². The number of benzene rings is 1. The van der Waals surface area contributed by atoms with Crippen molar-refractivity contribution in [2.75, 3.05) is 13.7 Å². The van der Waals surface area contributed by atoms with E-state index in [9.17, 15) is 4.79 Å². The van der Waals surface area contributed by atoms with E-state index in [2.05, 4.69) is 32.4 Å². The van der Waals surface area contributed by atoms with E-state index in [1.54, 1.807) is 18.2 Å². The van der Waals surface area contributed by atoms with E-state index in [-0.39, 0.29) is 5.41 Å². The fourth-order valence-electron chi connectivity index (χ4n) is 1.43. The average Bonchev–Trinajstić information content (AvgIpc) is 2.38. The summed E-state index contributed by atoms with van der Waals surface area (Å²) in [5, 5.41) is 0.398. The molecule has 0 aliphatic heterocycles. The molecule has 0 unspecified atom stereocenters. The maximum Gasteiger partial charge on any atom is 0.337 e. The molecule has 0 spiro atoms. The lowest BCUT2D eigenvalue weighted by Gasteiger charge is -2.19. The van der Waals surface area contributed by atoms with Crippen LogP contribution in [-0.2, 0) is 4.74 Å². The fourth-order valence-corrected chi connectivity index (χ4v) is 1.66. The second kappa shape index (κ2) is 6.80. The number of halogens is 1. The Morgan fingerprint density at radius 1 is 1.35 bits per heavy atom. The predicted octanol–water partition coefficient (Wildman–Crippen LogP) is 4.50. The van der Waals surface area contributed by atoms with Crippen molar-refractivity contribution in [2.45, 2.75) is 27.7 Å². The Balaban J connectivity index is 2.73. The second-order valence-electron chi connectivity index (χ2n) is 5.58. The summed E-state index contributed by atoms with van der Waals surface area (Å²) in [5.74, 6) is 0.138. The predicted molar refractivity (Wildman–Crippen MR) is 81.5 cm³/mol. The van der Waals surface area contributed by atoms with E-state index in [1.165, 1.54) is 12.7 Å². The third-order valence-corrected chi connectivity index (χ3v) is 3.46. The molecule has 0 heterocycles. The van der Waals surface area contributed by atoms with Gasteiger partial charge in [-0.1, -0.05) is 37.9 Å². The van der Waals surface area contributed by atoms with Crippen LogP contribution in [0.2, 0.25) is 5.02 Å². The standard InChI is InChI=1S/C16H21ClO3/c1-11(16(2,3)4)8-9-20-14-7-6-12(10-13(14)17)15(18)19-5/h6-8,10H,9H2,1-5H3/b11-8+. The van der Waals surface area contributed by atoms with E-state index in [0.29, 0.717) is 22.9 Å². The highest BCUT2D eigenvalue weighted by Crippen LogP contribution is 2.27.